The second-order valence-electron chi connectivity index (χ2n) is 4.66. The van der Waals surface area contributed by atoms with Crippen LogP contribution < -0.4 is 5.32 Å². The van der Waals surface area contributed by atoms with Crippen LogP contribution in [-0.4, -0.2) is 23.6 Å². The van der Waals surface area contributed by atoms with Gasteiger partial charge in [-0.1, -0.05) is 0 Å². The molecule has 0 spiro atoms. The van der Waals surface area contributed by atoms with Gasteiger partial charge in [0.15, 0.2) is 0 Å². The number of esters is 1. The first kappa shape index (κ1) is 13.5. The number of thiazole rings is 1. The third-order valence-corrected chi connectivity index (χ3v) is 4.04. The number of rotatable bonds is 5. The zero-order valence-corrected chi connectivity index (χ0v) is 11.5. The summed E-state index contributed by atoms with van der Waals surface area (Å²) in [5.41, 5.74) is 2.96. The van der Waals surface area contributed by atoms with Crippen molar-refractivity contribution in [2.75, 3.05) is 6.61 Å². The molecule has 0 unspecified atom stereocenters. The van der Waals surface area contributed by atoms with Gasteiger partial charge in [0.2, 0.25) is 0 Å². The van der Waals surface area contributed by atoms with Crippen molar-refractivity contribution >= 4 is 17.3 Å². The molecule has 0 radical (unpaired) electrons. The first-order chi connectivity index (χ1) is 8.79. The Bertz CT molecular complexity index is 359. The molecule has 0 atom stereocenters. The first-order valence-corrected chi connectivity index (χ1v) is 7.51. The molecule has 4 nitrogen and oxygen atoms in total. The maximum Gasteiger partial charge on any atom is 0.308 e. The molecule has 1 aromatic heterocycles. The van der Waals surface area contributed by atoms with E-state index in [1.165, 1.54) is 0 Å². The minimum atomic E-state index is -0.0181. The van der Waals surface area contributed by atoms with Crippen LogP contribution in [0.4, 0.5) is 0 Å². The fourth-order valence-corrected chi connectivity index (χ4v) is 2.93. The van der Waals surface area contributed by atoms with Gasteiger partial charge in [-0.05, 0) is 32.6 Å². The van der Waals surface area contributed by atoms with Crippen LogP contribution in [0.1, 0.15) is 38.3 Å². The van der Waals surface area contributed by atoms with Crippen LogP contribution >= 0.6 is 11.3 Å². The van der Waals surface area contributed by atoms with Gasteiger partial charge >= 0.3 is 5.97 Å². The lowest BCUT2D eigenvalue weighted by Gasteiger charge is -2.27. The standard InChI is InChI=1S/C13H20N2O2S/c1-2-17-13(16)10-3-5-11(6-4-10)14-7-12-8-18-9-15-12/h8-11,14H,2-7H2,1H3. The van der Waals surface area contributed by atoms with Gasteiger partial charge in [-0.15, -0.1) is 11.3 Å². The van der Waals surface area contributed by atoms with Gasteiger partial charge in [0, 0.05) is 18.0 Å². The molecule has 1 aliphatic carbocycles. The summed E-state index contributed by atoms with van der Waals surface area (Å²) in [6.45, 7) is 3.18. The third-order valence-electron chi connectivity index (χ3n) is 3.40. The second kappa shape index (κ2) is 6.85. The number of carbonyl (C=O) groups is 1. The van der Waals surface area contributed by atoms with Crippen LogP contribution in [0.5, 0.6) is 0 Å². The summed E-state index contributed by atoms with van der Waals surface area (Å²) < 4.78 is 5.07. The Morgan fingerprint density at radius 3 is 2.89 bits per heavy atom. The highest BCUT2D eigenvalue weighted by molar-refractivity contribution is 7.07. The van der Waals surface area contributed by atoms with Crippen molar-refractivity contribution in [3.8, 4) is 0 Å². The molecule has 1 aromatic rings. The average molecular weight is 268 g/mol. The maximum absolute atomic E-state index is 11.6. The summed E-state index contributed by atoms with van der Waals surface area (Å²) in [4.78, 5) is 15.8. The molecular weight excluding hydrogens is 248 g/mol. The van der Waals surface area contributed by atoms with Crippen molar-refractivity contribution in [1.29, 1.82) is 0 Å². The zero-order valence-electron chi connectivity index (χ0n) is 10.7. The van der Waals surface area contributed by atoms with Crippen LogP contribution in [0.3, 0.4) is 0 Å². The number of nitrogens with zero attached hydrogens (tertiary/aromatic N) is 1. The molecule has 0 saturated heterocycles. The number of carbonyl (C=O) groups excluding carboxylic acids is 1. The molecular formula is C13H20N2O2S. The Labute approximate surface area is 112 Å². The molecule has 1 heterocycles. The molecule has 18 heavy (non-hydrogen) atoms. The fraction of sp³-hybridized carbons (Fsp3) is 0.692. The minimum absolute atomic E-state index is 0.0181. The average Bonchev–Trinajstić information content (AvgIpc) is 2.90. The predicted octanol–water partition coefficient (Wildman–Crippen LogP) is 2.35. The highest BCUT2D eigenvalue weighted by Gasteiger charge is 2.26. The molecule has 0 amide bonds. The molecule has 1 N–H and O–H groups in total. The van der Waals surface area contributed by atoms with Crippen molar-refractivity contribution < 1.29 is 9.53 Å². The highest BCUT2D eigenvalue weighted by Crippen LogP contribution is 2.25. The quantitative estimate of drug-likeness (QED) is 0.833. The van der Waals surface area contributed by atoms with E-state index in [4.69, 9.17) is 4.74 Å². The molecule has 0 aliphatic heterocycles. The van der Waals surface area contributed by atoms with Crippen molar-refractivity contribution in [3.05, 3.63) is 16.6 Å². The lowest BCUT2D eigenvalue weighted by atomic mass is 9.86. The van der Waals surface area contributed by atoms with Crippen LogP contribution in [0, 0.1) is 5.92 Å². The van der Waals surface area contributed by atoms with E-state index < -0.39 is 0 Å². The monoisotopic (exact) mass is 268 g/mol. The van der Waals surface area contributed by atoms with E-state index >= 15 is 0 Å². The fourth-order valence-electron chi connectivity index (χ4n) is 2.37. The molecule has 1 fully saturated rings. The lowest BCUT2D eigenvalue weighted by Crippen LogP contribution is -2.35. The maximum atomic E-state index is 11.6. The van der Waals surface area contributed by atoms with Crippen LogP contribution in [0.25, 0.3) is 0 Å². The van der Waals surface area contributed by atoms with Crippen molar-refractivity contribution in [3.63, 3.8) is 0 Å². The van der Waals surface area contributed by atoms with E-state index in [1.807, 2.05) is 12.4 Å². The zero-order chi connectivity index (χ0) is 12.8. The summed E-state index contributed by atoms with van der Waals surface area (Å²) in [6.07, 6.45) is 3.97. The van der Waals surface area contributed by atoms with Gasteiger partial charge in [-0.2, -0.15) is 0 Å². The van der Waals surface area contributed by atoms with E-state index in [0.29, 0.717) is 12.6 Å². The number of nitrogens with one attached hydrogen (secondary N) is 1. The van der Waals surface area contributed by atoms with Gasteiger partial charge in [-0.25, -0.2) is 4.98 Å². The Morgan fingerprint density at radius 1 is 1.50 bits per heavy atom. The summed E-state index contributed by atoms with van der Waals surface area (Å²) in [6, 6.07) is 0.511. The number of aromatic nitrogens is 1. The molecule has 0 aromatic carbocycles. The molecule has 1 saturated carbocycles. The Balaban J connectivity index is 1.68. The molecule has 0 bridgehead atoms. The number of hydrogen-bond acceptors (Lipinski definition) is 5. The SMILES string of the molecule is CCOC(=O)C1CCC(NCc2cscn2)CC1. The summed E-state index contributed by atoms with van der Waals surface area (Å²) >= 11 is 1.62. The van der Waals surface area contributed by atoms with Crippen LogP contribution in [0.15, 0.2) is 10.9 Å². The van der Waals surface area contributed by atoms with Gasteiger partial charge in [0.05, 0.1) is 23.7 Å². The Kier molecular flexibility index (Phi) is 5.13. The van der Waals surface area contributed by atoms with Gasteiger partial charge in [0.25, 0.3) is 0 Å². The van der Waals surface area contributed by atoms with Crippen LogP contribution in [0.2, 0.25) is 0 Å². The summed E-state index contributed by atoms with van der Waals surface area (Å²) in [7, 11) is 0. The lowest BCUT2D eigenvalue weighted by molar-refractivity contribution is -0.149. The predicted molar refractivity (Wildman–Crippen MR) is 71.3 cm³/mol. The van der Waals surface area contributed by atoms with E-state index in [2.05, 4.69) is 15.7 Å². The van der Waals surface area contributed by atoms with E-state index in [0.717, 1.165) is 37.9 Å². The van der Waals surface area contributed by atoms with Crippen molar-refractivity contribution in [1.82, 2.24) is 10.3 Å². The molecule has 2 rings (SSSR count). The minimum Gasteiger partial charge on any atom is -0.466 e. The van der Waals surface area contributed by atoms with Crippen molar-refractivity contribution in [2.24, 2.45) is 5.92 Å². The number of ether oxygens (including phenoxy) is 1. The largest absolute Gasteiger partial charge is 0.466 e. The van der Waals surface area contributed by atoms with E-state index in [-0.39, 0.29) is 11.9 Å². The van der Waals surface area contributed by atoms with Crippen LogP contribution in [-0.2, 0) is 16.1 Å². The molecule has 1 aliphatic rings. The first-order valence-electron chi connectivity index (χ1n) is 6.56. The van der Waals surface area contributed by atoms with Gasteiger partial charge in [0.1, 0.15) is 0 Å². The normalized spacial score (nSPS) is 23.8. The highest BCUT2D eigenvalue weighted by atomic mass is 32.1. The van der Waals surface area contributed by atoms with E-state index in [9.17, 15) is 4.79 Å². The molecule has 100 valence electrons. The van der Waals surface area contributed by atoms with E-state index in [1.54, 1.807) is 11.3 Å². The number of hydrogen-bond donors (Lipinski definition) is 1. The molecule has 5 heteroatoms. The van der Waals surface area contributed by atoms with Gasteiger partial charge < -0.3 is 10.1 Å². The summed E-state index contributed by atoms with van der Waals surface area (Å²) in [5, 5.41) is 5.57. The Hall–Kier alpha value is -0.940. The Morgan fingerprint density at radius 2 is 2.28 bits per heavy atom. The summed E-state index contributed by atoms with van der Waals surface area (Å²) in [5.74, 6) is 0.0951. The van der Waals surface area contributed by atoms with Gasteiger partial charge in [-0.3, -0.25) is 4.79 Å². The smallest absolute Gasteiger partial charge is 0.308 e. The van der Waals surface area contributed by atoms with Crippen molar-refractivity contribution in [2.45, 2.75) is 45.2 Å². The second-order valence-corrected chi connectivity index (χ2v) is 5.38. The topological polar surface area (TPSA) is 51.2 Å². The third kappa shape index (κ3) is 3.78.